The maximum Gasteiger partial charge on any atom is 0.168 e. The number of rotatable bonds is 10. The Bertz CT molecular complexity index is 766. The summed E-state index contributed by atoms with van der Waals surface area (Å²) in [6.07, 6.45) is 6.66. The van der Waals surface area contributed by atoms with Gasteiger partial charge in [0.15, 0.2) is 11.6 Å². The summed E-state index contributed by atoms with van der Waals surface area (Å²) in [5, 5.41) is 20.2. The molecule has 0 bridgehead atoms. The molecule has 0 spiro atoms. The first-order valence-corrected chi connectivity index (χ1v) is 11.5. The summed E-state index contributed by atoms with van der Waals surface area (Å²) in [4.78, 5) is 35.2. The van der Waals surface area contributed by atoms with Gasteiger partial charge in [-0.2, -0.15) is 0 Å². The fourth-order valence-corrected chi connectivity index (χ4v) is 4.18. The molecule has 0 aromatic rings. The Labute approximate surface area is 192 Å². The van der Waals surface area contributed by atoms with Crippen LogP contribution in [0, 0.1) is 10.8 Å². The minimum absolute atomic E-state index is 0.0390. The standard InChI is InChI=1S/C25H39N3O4/c1-24(2)12-20(29)18(21(30)13-24)16-26-8-6-10-28(5)11-7-9-27-17-19-22(31)14-25(3,4)15-23(19)32/h16-17,29,31H,6-15H2,1-5H3. The van der Waals surface area contributed by atoms with Crippen molar-refractivity contribution in [1.29, 1.82) is 0 Å². The number of carbonyl (C=O) groups is 2. The molecule has 0 aromatic carbocycles. The maximum absolute atomic E-state index is 12.2. The average molecular weight is 446 g/mol. The van der Waals surface area contributed by atoms with Gasteiger partial charge >= 0.3 is 0 Å². The highest BCUT2D eigenvalue weighted by Crippen LogP contribution is 2.36. The van der Waals surface area contributed by atoms with Crippen LogP contribution < -0.4 is 0 Å². The molecule has 0 saturated carbocycles. The topological polar surface area (TPSA) is 103 Å². The fourth-order valence-electron chi connectivity index (χ4n) is 4.18. The largest absolute Gasteiger partial charge is 0.511 e. The lowest BCUT2D eigenvalue weighted by molar-refractivity contribution is -0.118. The van der Waals surface area contributed by atoms with Gasteiger partial charge in [-0.3, -0.25) is 19.6 Å². The first-order chi connectivity index (χ1) is 14.9. The number of aliphatic hydroxyl groups is 2. The fraction of sp³-hybridized carbons (Fsp3) is 0.680. The molecule has 0 unspecified atom stereocenters. The zero-order chi connectivity index (χ0) is 23.9. The molecule has 178 valence electrons. The van der Waals surface area contributed by atoms with Gasteiger partial charge in [0, 0.05) is 51.2 Å². The molecule has 7 nitrogen and oxygen atoms in total. The summed E-state index contributed by atoms with van der Waals surface area (Å²) in [6.45, 7) is 10.9. The van der Waals surface area contributed by atoms with Gasteiger partial charge in [0.2, 0.25) is 0 Å². The zero-order valence-corrected chi connectivity index (χ0v) is 20.3. The molecule has 0 amide bonds. The molecule has 32 heavy (non-hydrogen) atoms. The minimum atomic E-state index is -0.189. The molecule has 2 rings (SSSR count). The smallest absolute Gasteiger partial charge is 0.168 e. The Morgan fingerprint density at radius 1 is 0.781 bits per heavy atom. The highest BCUT2D eigenvalue weighted by molar-refractivity contribution is 6.15. The molecular weight excluding hydrogens is 406 g/mol. The lowest BCUT2D eigenvalue weighted by Crippen LogP contribution is -2.26. The van der Waals surface area contributed by atoms with E-state index in [2.05, 4.69) is 14.9 Å². The van der Waals surface area contributed by atoms with Gasteiger partial charge in [-0.1, -0.05) is 27.7 Å². The number of hydrogen-bond donors (Lipinski definition) is 2. The molecule has 0 radical (unpaired) electrons. The first-order valence-electron chi connectivity index (χ1n) is 11.5. The molecule has 0 aliphatic heterocycles. The van der Waals surface area contributed by atoms with Crippen LogP contribution in [0.2, 0.25) is 0 Å². The van der Waals surface area contributed by atoms with Crippen molar-refractivity contribution in [3.63, 3.8) is 0 Å². The predicted molar refractivity (Wildman–Crippen MR) is 129 cm³/mol. The number of aliphatic hydroxyl groups excluding tert-OH is 2. The Morgan fingerprint density at radius 2 is 1.16 bits per heavy atom. The van der Waals surface area contributed by atoms with E-state index in [-0.39, 0.29) is 33.9 Å². The zero-order valence-electron chi connectivity index (χ0n) is 20.3. The van der Waals surface area contributed by atoms with Crippen LogP contribution in [0.5, 0.6) is 0 Å². The van der Waals surface area contributed by atoms with Gasteiger partial charge in [0.05, 0.1) is 11.1 Å². The van der Waals surface area contributed by atoms with Gasteiger partial charge in [0.1, 0.15) is 11.5 Å². The van der Waals surface area contributed by atoms with Crippen molar-refractivity contribution in [3.05, 3.63) is 22.7 Å². The third-order valence-electron chi connectivity index (χ3n) is 5.89. The van der Waals surface area contributed by atoms with E-state index in [4.69, 9.17) is 0 Å². The molecule has 2 N–H and O–H groups in total. The second-order valence-electron chi connectivity index (χ2n) is 10.7. The SMILES string of the molecule is CN(CCCN=CC1=C(O)CC(C)(C)CC1=O)CCCN=CC1=C(O)CC(C)(C)CC1=O. The third kappa shape index (κ3) is 8.01. The normalized spacial score (nSPS) is 21.6. The number of aliphatic imine (C=N–C) groups is 2. The van der Waals surface area contributed by atoms with Crippen LogP contribution in [-0.2, 0) is 9.59 Å². The van der Waals surface area contributed by atoms with Crippen LogP contribution in [0.15, 0.2) is 32.6 Å². The molecule has 0 heterocycles. The van der Waals surface area contributed by atoms with Gasteiger partial charge in [-0.05, 0) is 43.8 Å². The van der Waals surface area contributed by atoms with Crippen molar-refractivity contribution in [2.75, 3.05) is 33.2 Å². The predicted octanol–water partition coefficient (Wildman–Crippen LogP) is 4.24. The summed E-state index contributed by atoms with van der Waals surface area (Å²) >= 11 is 0. The molecule has 2 aliphatic carbocycles. The Morgan fingerprint density at radius 3 is 1.50 bits per heavy atom. The number of hydrogen-bond acceptors (Lipinski definition) is 7. The molecule has 0 aromatic heterocycles. The quantitative estimate of drug-likeness (QED) is 0.387. The van der Waals surface area contributed by atoms with E-state index in [9.17, 15) is 19.8 Å². The number of Topliss-reactive ketones (excluding diaryl/α,β-unsaturated/α-hetero) is 2. The highest BCUT2D eigenvalue weighted by atomic mass is 16.3. The average Bonchev–Trinajstić information content (AvgIpc) is 2.63. The van der Waals surface area contributed by atoms with E-state index in [0.717, 1.165) is 25.9 Å². The van der Waals surface area contributed by atoms with Gasteiger partial charge in [0.25, 0.3) is 0 Å². The monoisotopic (exact) mass is 445 g/mol. The van der Waals surface area contributed by atoms with Gasteiger partial charge in [-0.15, -0.1) is 0 Å². The number of nitrogens with zero attached hydrogens (tertiary/aromatic N) is 3. The molecular formula is C25H39N3O4. The van der Waals surface area contributed by atoms with Crippen molar-refractivity contribution < 1.29 is 19.8 Å². The molecule has 0 saturated heterocycles. The number of carbonyl (C=O) groups excluding carboxylic acids is 2. The van der Waals surface area contributed by atoms with Crippen molar-refractivity contribution >= 4 is 24.0 Å². The van der Waals surface area contributed by atoms with E-state index in [1.807, 2.05) is 34.7 Å². The van der Waals surface area contributed by atoms with Crippen molar-refractivity contribution in [2.24, 2.45) is 20.8 Å². The van der Waals surface area contributed by atoms with Crippen LogP contribution in [-0.4, -0.2) is 72.3 Å². The third-order valence-corrected chi connectivity index (χ3v) is 5.89. The van der Waals surface area contributed by atoms with Crippen molar-refractivity contribution in [2.45, 2.75) is 66.2 Å². The summed E-state index contributed by atoms with van der Waals surface area (Å²) in [5.41, 5.74) is 0.338. The van der Waals surface area contributed by atoms with Crippen LogP contribution in [0.3, 0.4) is 0 Å². The van der Waals surface area contributed by atoms with E-state index >= 15 is 0 Å². The highest BCUT2D eigenvalue weighted by Gasteiger charge is 2.33. The van der Waals surface area contributed by atoms with Crippen LogP contribution in [0.4, 0.5) is 0 Å². The first kappa shape index (κ1) is 26.0. The van der Waals surface area contributed by atoms with E-state index in [1.165, 1.54) is 12.4 Å². The van der Waals surface area contributed by atoms with E-state index in [0.29, 0.717) is 49.9 Å². The second-order valence-corrected chi connectivity index (χ2v) is 10.7. The second kappa shape index (κ2) is 11.0. The summed E-state index contributed by atoms with van der Waals surface area (Å²) in [5.74, 6) is 0.219. The van der Waals surface area contributed by atoms with Crippen LogP contribution in [0.1, 0.15) is 66.2 Å². The Kier molecular flexibility index (Phi) is 8.96. The van der Waals surface area contributed by atoms with Gasteiger partial charge in [-0.25, -0.2) is 0 Å². The summed E-state index contributed by atoms with van der Waals surface area (Å²) < 4.78 is 0. The summed E-state index contributed by atoms with van der Waals surface area (Å²) in [7, 11) is 2.04. The van der Waals surface area contributed by atoms with Crippen molar-refractivity contribution in [1.82, 2.24) is 4.90 Å². The maximum atomic E-state index is 12.2. The Hall–Kier alpha value is -2.28. The summed E-state index contributed by atoms with van der Waals surface area (Å²) in [6, 6.07) is 0. The molecule has 7 heteroatoms. The molecule has 0 fully saturated rings. The van der Waals surface area contributed by atoms with Crippen molar-refractivity contribution in [3.8, 4) is 0 Å². The minimum Gasteiger partial charge on any atom is -0.511 e. The lowest BCUT2D eigenvalue weighted by Gasteiger charge is -2.28. The number of allylic oxidation sites excluding steroid dienone is 4. The van der Waals surface area contributed by atoms with Gasteiger partial charge < -0.3 is 15.1 Å². The molecule has 0 atom stereocenters. The van der Waals surface area contributed by atoms with E-state index in [1.54, 1.807) is 0 Å². The lowest BCUT2D eigenvalue weighted by atomic mass is 9.77. The molecule has 2 aliphatic rings. The van der Waals surface area contributed by atoms with Crippen LogP contribution >= 0.6 is 0 Å². The van der Waals surface area contributed by atoms with E-state index < -0.39 is 0 Å². The number of ketones is 2. The Balaban J connectivity index is 1.66. The van der Waals surface area contributed by atoms with Crippen LogP contribution in [0.25, 0.3) is 0 Å².